The van der Waals surface area contributed by atoms with E-state index in [0.717, 1.165) is 12.3 Å². The van der Waals surface area contributed by atoms with Gasteiger partial charge < -0.3 is 10.2 Å². The lowest BCUT2D eigenvalue weighted by Gasteiger charge is -1.99. The first-order chi connectivity index (χ1) is 6.02. The Morgan fingerprint density at radius 1 is 1.46 bits per heavy atom. The van der Waals surface area contributed by atoms with Crippen molar-refractivity contribution in [2.24, 2.45) is 0 Å². The number of carbonyl (C=O) groups is 2. The predicted molar refractivity (Wildman–Crippen MR) is 42.9 cm³/mol. The number of hydrogen-bond donors (Lipinski definition) is 2. The van der Waals surface area contributed by atoms with Crippen molar-refractivity contribution in [1.82, 2.24) is 4.98 Å². The van der Waals surface area contributed by atoms with Gasteiger partial charge in [-0.25, -0.2) is 9.78 Å². The molecule has 0 aliphatic carbocycles. The van der Waals surface area contributed by atoms with Crippen molar-refractivity contribution in [3.05, 3.63) is 23.5 Å². The molecule has 2 N–H and O–H groups in total. The second-order valence-corrected chi connectivity index (χ2v) is 2.45. The molecule has 0 aromatic carbocycles. The number of carboxylic acid groups (broad SMARTS) is 1. The SMILES string of the molecule is CC(=O)c1ncc(C(=O)O)cc1O. The zero-order valence-corrected chi connectivity index (χ0v) is 6.81. The Labute approximate surface area is 73.7 Å². The van der Waals surface area contributed by atoms with E-state index in [0.29, 0.717) is 0 Å². The Balaban J connectivity index is 3.20. The van der Waals surface area contributed by atoms with Crippen LogP contribution in [0.5, 0.6) is 5.75 Å². The van der Waals surface area contributed by atoms with Gasteiger partial charge in [-0.15, -0.1) is 0 Å². The Bertz CT molecular complexity index is 372. The van der Waals surface area contributed by atoms with Gasteiger partial charge in [-0.3, -0.25) is 4.79 Å². The van der Waals surface area contributed by atoms with Gasteiger partial charge in [0.1, 0.15) is 11.4 Å². The van der Waals surface area contributed by atoms with E-state index >= 15 is 0 Å². The molecule has 0 saturated carbocycles. The van der Waals surface area contributed by atoms with Gasteiger partial charge in [0, 0.05) is 13.1 Å². The van der Waals surface area contributed by atoms with Crippen LogP contribution >= 0.6 is 0 Å². The molecule has 0 spiro atoms. The zero-order chi connectivity index (χ0) is 10.0. The summed E-state index contributed by atoms with van der Waals surface area (Å²) in [5.74, 6) is -2.01. The number of ketones is 1. The van der Waals surface area contributed by atoms with Gasteiger partial charge in [-0.05, 0) is 6.07 Å². The van der Waals surface area contributed by atoms with E-state index in [1.165, 1.54) is 6.92 Å². The zero-order valence-electron chi connectivity index (χ0n) is 6.81. The standard InChI is InChI=1S/C8H7NO4/c1-4(10)7-6(11)2-5(3-9-7)8(12)13/h2-3,11H,1H3,(H,12,13). The first-order valence-electron chi connectivity index (χ1n) is 3.45. The maximum atomic E-state index is 10.8. The van der Waals surface area contributed by atoms with Gasteiger partial charge >= 0.3 is 5.97 Å². The number of carboxylic acids is 1. The normalized spacial score (nSPS) is 9.62. The average Bonchev–Trinajstić information content (AvgIpc) is 2.03. The summed E-state index contributed by atoms with van der Waals surface area (Å²) in [7, 11) is 0. The maximum absolute atomic E-state index is 10.8. The fourth-order valence-corrected chi connectivity index (χ4v) is 0.841. The predicted octanol–water partition coefficient (Wildman–Crippen LogP) is 0.688. The van der Waals surface area contributed by atoms with Crippen LogP contribution in [-0.4, -0.2) is 26.9 Å². The lowest BCUT2D eigenvalue weighted by atomic mass is 10.2. The highest BCUT2D eigenvalue weighted by atomic mass is 16.4. The summed E-state index contributed by atoms with van der Waals surface area (Å²) >= 11 is 0. The minimum atomic E-state index is -1.20. The van der Waals surface area contributed by atoms with Crippen molar-refractivity contribution >= 4 is 11.8 Å². The Kier molecular flexibility index (Phi) is 2.27. The van der Waals surface area contributed by atoms with E-state index in [1.54, 1.807) is 0 Å². The average molecular weight is 181 g/mol. The lowest BCUT2D eigenvalue weighted by Crippen LogP contribution is -2.02. The van der Waals surface area contributed by atoms with Gasteiger partial charge in [-0.2, -0.15) is 0 Å². The largest absolute Gasteiger partial charge is 0.506 e. The van der Waals surface area contributed by atoms with Crippen LogP contribution in [-0.2, 0) is 0 Å². The van der Waals surface area contributed by atoms with E-state index in [2.05, 4.69) is 4.98 Å². The van der Waals surface area contributed by atoms with Crippen molar-refractivity contribution in [3.63, 3.8) is 0 Å². The third kappa shape index (κ3) is 1.81. The molecule has 1 aromatic heterocycles. The summed E-state index contributed by atoms with van der Waals surface area (Å²) in [6, 6.07) is 0.992. The van der Waals surface area contributed by atoms with E-state index in [9.17, 15) is 9.59 Å². The minimum absolute atomic E-state index is 0.120. The molecule has 1 heterocycles. The van der Waals surface area contributed by atoms with Crippen molar-refractivity contribution < 1.29 is 19.8 Å². The number of hydrogen-bond acceptors (Lipinski definition) is 4. The summed E-state index contributed by atoms with van der Waals surface area (Å²) in [6.45, 7) is 1.24. The maximum Gasteiger partial charge on any atom is 0.337 e. The van der Waals surface area contributed by atoms with Crippen LogP contribution in [0.3, 0.4) is 0 Å². The molecule has 68 valence electrons. The molecule has 0 unspecified atom stereocenters. The molecule has 0 radical (unpaired) electrons. The highest BCUT2D eigenvalue weighted by Crippen LogP contribution is 2.16. The van der Waals surface area contributed by atoms with Crippen molar-refractivity contribution in [2.75, 3.05) is 0 Å². The molecule has 0 amide bonds. The summed E-state index contributed by atoms with van der Waals surface area (Å²) in [5, 5.41) is 17.7. The van der Waals surface area contributed by atoms with Crippen LogP contribution in [0.25, 0.3) is 0 Å². The molecular formula is C8H7NO4. The molecular weight excluding hydrogens is 174 g/mol. The van der Waals surface area contributed by atoms with Crippen LogP contribution in [0.1, 0.15) is 27.8 Å². The number of pyridine rings is 1. The van der Waals surface area contributed by atoms with Gasteiger partial charge in [0.2, 0.25) is 0 Å². The third-order valence-electron chi connectivity index (χ3n) is 1.45. The number of aromatic nitrogens is 1. The summed E-state index contributed by atoms with van der Waals surface area (Å²) in [4.78, 5) is 24.7. The number of nitrogens with zero attached hydrogens (tertiary/aromatic N) is 1. The topological polar surface area (TPSA) is 87.5 Å². The lowest BCUT2D eigenvalue weighted by molar-refractivity contribution is 0.0695. The van der Waals surface area contributed by atoms with Crippen LogP contribution in [0, 0.1) is 0 Å². The second-order valence-electron chi connectivity index (χ2n) is 2.45. The van der Waals surface area contributed by atoms with Gasteiger partial charge in [-0.1, -0.05) is 0 Å². The minimum Gasteiger partial charge on any atom is -0.506 e. The number of aromatic hydroxyl groups is 1. The van der Waals surface area contributed by atoms with Crippen LogP contribution in [0.4, 0.5) is 0 Å². The van der Waals surface area contributed by atoms with E-state index in [-0.39, 0.29) is 11.3 Å². The molecule has 0 saturated heterocycles. The highest BCUT2D eigenvalue weighted by molar-refractivity contribution is 5.96. The van der Waals surface area contributed by atoms with Gasteiger partial charge in [0.25, 0.3) is 0 Å². The number of aromatic carboxylic acids is 1. The van der Waals surface area contributed by atoms with Crippen LogP contribution in [0.2, 0.25) is 0 Å². The van der Waals surface area contributed by atoms with Crippen molar-refractivity contribution in [3.8, 4) is 5.75 Å². The van der Waals surface area contributed by atoms with Gasteiger partial charge in [0.05, 0.1) is 5.56 Å². The smallest absolute Gasteiger partial charge is 0.337 e. The second kappa shape index (κ2) is 3.22. The fourth-order valence-electron chi connectivity index (χ4n) is 0.841. The van der Waals surface area contributed by atoms with E-state index in [1.807, 2.05) is 0 Å². The Hall–Kier alpha value is -1.91. The Morgan fingerprint density at radius 3 is 2.46 bits per heavy atom. The van der Waals surface area contributed by atoms with Crippen molar-refractivity contribution in [1.29, 1.82) is 0 Å². The summed E-state index contributed by atoms with van der Waals surface area (Å²) in [6.07, 6.45) is 1.03. The van der Waals surface area contributed by atoms with Crippen LogP contribution < -0.4 is 0 Å². The number of carbonyl (C=O) groups excluding carboxylic acids is 1. The molecule has 1 aromatic rings. The van der Waals surface area contributed by atoms with E-state index < -0.39 is 17.5 Å². The van der Waals surface area contributed by atoms with Crippen molar-refractivity contribution in [2.45, 2.75) is 6.92 Å². The molecule has 0 bridgehead atoms. The Morgan fingerprint density at radius 2 is 2.08 bits per heavy atom. The first-order valence-corrected chi connectivity index (χ1v) is 3.45. The molecule has 0 aliphatic heterocycles. The molecule has 1 rings (SSSR count). The molecule has 0 atom stereocenters. The number of Topliss-reactive ketones (excluding diaryl/α,β-unsaturated/α-hetero) is 1. The molecule has 5 nitrogen and oxygen atoms in total. The quantitative estimate of drug-likeness (QED) is 0.655. The van der Waals surface area contributed by atoms with Gasteiger partial charge in [0.15, 0.2) is 5.78 Å². The first kappa shape index (κ1) is 9.18. The molecule has 13 heavy (non-hydrogen) atoms. The number of rotatable bonds is 2. The molecule has 0 fully saturated rings. The summed E-state index contributed by atoms with van der Waals surface area (Å²) in [5.41, 5.74) is -0.271. The monoisotopic (exact) mass is 181 g/mol. The molecule has 5 heteroatoms. The third-order valence-corrected chi connectivity index (χ3v) is 1.45. The van der Waals surface area contributed by atoms with E-state index in [4.69, 9.17) is 10.2 Å². The highest BCUT2D eigenvalue weighted by Gasteiger charge is 2.11. The summed E-state index contributed by atoms with van der Waals surface area (Å²) < 4.78 is 0. The van der Waals surface area contributed by atoms with Crippen LogP contribution in [0.15, 0.2) is 12.3 Å². The molecule has 0 aliphatic rings. The fraction of sp³-hybridized carbons (Fsp3) is 0.125.